The third-order valence-electron chi connectivity index (χ3n) is 10.6. The topological polar surface area (TPSA) is 9.23 Å². The Morgan fingerprint density at radius 3 is 2.55 bits per heavy atom. The molecule has 0 amide bonds. The first-order valence-corrected chi connectivity index (χ1v) is 13.9. The second-order valence-electron chi connectivity index (χ2n) is 12.8. The molecule has 0 saturated heterocycles. The van der Waals surface area contributed by atoms with Gasteiger partial charge in [-0.15, -0.1) is 0 Å². The van der Waals surface area contributed by atoms with Crippen molar-refractivity contribution in [2.24, 2.45) is 46.3 Å². The Bertz CT molecular complexity index is 695. The van der Waals surface area contributed by atoms with Crippen molar-refractivity contribution < 1.29 is 4.74 Å². The van der Waals surface area contributed by atoms with E-state index in [1.54, 1.807) is 5.57 Å². The Hall–Kier alpha value is -0.370. The van der Waals surface area contributed by atoms with Crippen LogP contribution in [-0.2, 0) is 4.74 Å². The van der Waals surface area contributed by atoms with Crippen LogP contribution in [0.5, 0.6) is 0 Å². The van der Waals surface area contributed by atoms with Crippen LogP contribution in [0.15, 0.2) is 11.6 Å². The zero-order valence-corrected chi connectivity index (χ0v) is 22.0. The third-order valence-corrected chi connectivity index (χ3v) is 10.7. The Morgan fingerprint density at radius 1 is 1.06 bits per heavy atom. The largest absolute Gasteiger partial charge is 0.484 e. The molecule has 2 heteroatoms. The standard InChI is InChI=1S/C29H48OS/c1-19(2)8-7-9-20(3)25-12-13-26-24-11-10-22-18-23(30-21(4)31)14-16-28(22,5)27(24)15-17-29(25,26)6/h10,19-20,23-27H,7-9,11-18H2,1-6H3/t20-,23+,24+,25-,26+,27+,28+,29-/m1/s1. The fourth-order valence-electron chi connectivity index (χ4n) is 8.99. The first-order chi connectivity index (χ1) is 14.6. The number of fused-ring (bicyclic) bond motifs is 5. The fraction of sp³-hybridized carbons (Fsp3) is 0.897. The lowest BCUT2D eigenvalue weighted by Gasteiger charge is -2.58. The Balaban J connectivity index is 1.47. The lowest BCUT2D eigenvalue weighted by atomic mass is 9.47. The van der Waals surface area contributed by atoms with Crippen molar-refractivity contribution in [1.29, 1.82) is 0 Å². The molecule has 0 bridgehead atoms. The van der Waals surface area contributed by atoms with Crippen LogP contribution in [-0.4, -0.2) is 11.2 Å². The van der Waals surface area contributed by atoms with Gasteiger partial charge in [-0.05, 0) is 104 Å². The summed E-state index contributed by atoms with van der Waals surface area (Å²) in [5.74, 6) is 5.49. The van der Waals surface area contributed by atoms with E-state index in [9.17, 15) is 0 Å². The summed E-state index contributed by atoms with van der Waals surface area (Å²) in [6.07, 6.45) is 18.1. The molecule has 0 aromatic carbocycles. The van der Waals surface area contributed by atoms with E-state index in [2.05, 4.69) is 40.7 Å². The van der Waals surface area contributed by atoms with Gasteiger partial charge in [0.05, 0.1) is 0 Å². The highest BCUT2D eigenvalue weighted by molar-refractivity contribution is 7.80. The van der Waals surface area contributed by atoms with Crippen LogP contribution in [0.2, 0.25) is 0 Å². The normalized spacial score (nSPS) is 42.9. The van der Waals surface area contributed by atoms with Crippen LogP contribution < -0.4 is 0 Å². The SMILES string of the molecule is CC(=S)O[C@H]1CC[C@@]2(C)C(=CC[C@H]3[C@@H]4CC[C@H]([C@H](C)CCCC(C)C)[C@@]4(C)CC[C@@H]32)C1. The second-order valence-corrected chi connectivity index (χ2v) is 13.3. The molecule has 0 unspecified atom stereocenters. The monoisotopic (exact) mass is 444 g/mol. The molecule has 8 atom stereocenters. The molecule has 4 rings (SSSR count). The van der Waals surface area contributed by atoms with Gasteiger partial charge in [-0.2, -0.15) is 0 Å². The summed E-state index contributed by atoms with van der Waals surface area (Å²) in [4.78, 5) is 0. The van der Waals surface area contributed by atoms with Crippen LogP contribution in [0.1, 0.15) is 112 Å². The van der Waals surface area contributed by atoms with E-state index in [4.69, 9.17) is 17.0 Å². The van der Waals surface area contributed by atoms with E-state index in [0.717, 1.165) is 47.0 Å². The molecule has 0 N–H and O–H groups in total. The predicted molar refractivity (Wildman–Crippen MR) is 136 cm³/mol. The van der Waals surface area contributed by atoms with E-state index in [1.807, 2.05) is 6.92 Å². The van der Waals surface area contributed by atoms with Gasteiger partial charge in [-0.25, -0.2) is 0 Å². The van der Waals surface area contributed by atoms with E-state index in [-0.39, 0.29) is 0 Å². The van der Waals surface area contributed by atoms with Gasteiger partial charge in [0.15, 0.2) is 5.05 Å². The number of allylic oxidation sites excluding steroid dienone is 1. The van der Waals surface area contributed by atoms with Gasteiger partial charge in [-0.1, -0.05) is 65.5 Å². The molecular weight excluding hydrogens is 396 g/mol. The van der Waals surface area contributed by atoms with Crippen molar-refractivity contribution in [3.8, 4) is 0 Å². The molecular formula is C29H48OS. The number of rotatable bonds is 6. The van der Waals surface area contributed by atoms with E-state index >= 15 is 0 Å². The van der Waals surface area contributed by atoms with Crippen molar-refractivity contribution in [2.75, 3.05) is 0 Å². The highest BCUT2D eigenvalue weighted by atomic mass is 32.1. The minimum absolute atomic E-state index is 0.324. The van der Waals surface area contributed by atoms with Gasteiger partial charge in [0.1, 0.15) is 6.10 Å². The van der Waals surface area contributed by atoms with Crippen LogP contribution in [0.25, 0.3) is 0 Å². The molecule has 1 nitrogen and oxygen atoms in total. The van der Waals surface area contributed by atoms with Crippen molar-refractivity contribution >= 4 is 17.3 Å². The maximum absolute atomic E-state index is 5.98. The van der Waals surface area contributed by atoms with Crippen LogP contribution in [0.3, 0.4) is 0 Å². The van der Waals surface area contributed by atoms with Crippen molar-refractivity contribution in [1.82, 2.24) is 0 Å². The van der Waals surface area contributed by atoms with E-state index in [1.165, 1.54) is 64.2 Å². The maximum Gasteiger partial charge on any atom is 0.157 e. The molecule has 4 aliphatic rings. The zero-order valence-electron chi connectivity index (χ0n) is 21.2. The van der Waals surface area contributed by atoms with Crippen LogP contribution >= 0.6 is 12.2 Å². The van der Waals surface area contributed by atoms with Crippen LogP contribution in [0.4, 0.5) is 0 Å². The quantitative estimate of drug-likeness (QED) is 0.299. The average Bonchev–Trinajstić information content (AvgIpc) is 3.05. The minimum atomic E-state index is 0.324. The molecule has 0 heterocycles. The van der Waals surface area contributed by atoms with Gasteiger partial charge in [0.2, 0.25) is 0 Å². The molecule has 0 aromatic rings. The molecule has 0 aromatic heterocycles. The molecule has 0 spiro atoms. The molecule has 3 saturated carbocycles. The highest BCUT2D eigenvalue weighted by Crippen LogP contribution is 2.67. The van der Waals surface area contributed by atoms with E-state index in [0.29, 0.717) is 16.9 Å². The lowest BCUT2D eigenvalue weighted by Crippen LogP contribution is -2.51. The number of hydrogen-bond donors (Lipinski definition) is 0. The fourth-order valence-corrected chi connectivity index (χ4v) is 9.12. The molecule has 176 valence electrons. The number of ether oxygens (including phenoxy) is 1. The molecule has 0 aliphatic heterocycles. The van der Waals surface area contributed by atoms with Gasteiger partial charge >= 0.3 is 0 Å². The summed E-state index contributed by atoms with van der Waals surface area (Å²) < 4.78 is 5.98. The Morgan fingerprint density at radius 2 is 1.84 bits per heavy atom. The van der Waals surface area contributed by atoms with Crippen molar-refractivity contribution in [3.63, 3.8) is 0 Å². The Kier molecular flexibility index (Phi) is 6.99. The molecule has 4 aliphatic carbocycles. The number of thiocarbonyl (C=S) groups is 1. The summed E-state index contributed by atoms with van der Waals surface area (Å²) in [6, 6.07) is 0. The van der Waals surface area contributed by atoms with Gasteiger partial charge in [0.25, 0.3) is 0 Å². The second kappa shape index (κ2) is 9.11. The first-order valence-electron chi connectivity index (χ1n) is 13.5. The van der Waals surface area contributed by atoms with E-state index < -0.39 is 0 Å². The summed E-state index contributed by atoms with van der Waals surface area (Å²) >= 11 is 5.24. The summed E-state index contributed by atoms with van der Waals surface area (Å²) in [7, 11) is 0. The van der Waals surface area contributed by atoms with Gasteiger partial charge < -0.3 is 4.74 Å². The van der Waals surface area contributed by atoms with Gasteiger partial charge in [0, 0.05) is 13.3 Å². The highest BCUT2D eigenvalue weighted by Gasteiger charge is 2.59. The average molecular weight is 445 g/mol. The Labute approximate surface area is 198 Å². The van der Waals surface area contributed by atoms with Gasteiger partial charge in [-0.3, -0.25) is 0 Å². The molecule has 3 fully saturated rings. The first kappa shape index (κ1) is 23.8. The third kappa shape index (κ3) is 4.41. The van der Waals surface area contributed by atoms with Crippen molar-refractivity contribution in [3.05, 3.63) is 11.6 Å². The maximum atomic E-state index is 5.98. The lowest BCUT2D eigenvalue weighted by molar-refractivity contribution is -0.0563. The molecule has 31 heavy (non-hydrogen) atoms. The summed E-state index contributed by atoms with van der Waals surface area (Å²) in [5.41, 5.74) is 2.72. The summed E-state index contributed by atoms with van der Waals surface area (Å²) in [6.45, 7) is 14.6. The van der Waals surface area contributed by atoms with Crippen LogP contribution in [0, 0.1) is 46.3 Å². The molecule has 0 radical (unpaired) electrons. The van der Waals surface area contributed by atoms with Crippen molar-refractivity contribution in [2.45, 2.75) is 118 Å². The summed E-state index contributed by atoms with van der Waals surface area (Å²) in [5, 5.41) is 0.718. The predicted octanol–water partition coefficient (Wildman–Crippen LogP) is 8.76. The zero-order chi connectivity index (χ0) is 22.4. The smallest absolute Gasteiger partial charge is 0.157 e. The number of hydrogen-bond acceptors (Lipinski definition) is 2. The minimum Gasteiger partial charge on any atom is -0.484 e.